The van der Waals surface area contributed by atoms with Crippen LogP contribution in [0, 0.1) is 0 Å². The van der Waals surface area contributed by atoms with Gasteiger partial charge in [-0.3, -0.25) is 0 Å². The number of fused-ring (bicyclic) bond motifs is 1. The summed E-state index contributed by atoms with van der Waals surface area (Å²) in [5.74, 6) is 0. The molecule has 0 spiro atoms. The minimum absolute atomic E-state index is 0. The first kappa shape index (κ1) is 19.7. The molecule has 0 radical (unpaired) electrons. The van der Waals surface area contributed by atoms with Gasteiger partial charge in [0, 0.05) is 18.3 Å². The van der Waals surface area contributed by atoms with Crippen molar-refractivity contribution in [1.82, 2.24) is 0 Å². The molecule has 1 heterocycles. The van der Waals surface area contributed by atoms with E-state index in [-0.39, 0.29) is 1.43 Å². The van der Waals surface area contributed by atoms with Crippen LogP contribution in [-0.2, 0) is 6.54 Å². The minimum atomic E-state index is -11.2. The Balaban J connectivity index is 0.000000366. The maximum absolute atomic E-state index is 11.2. The molecule has 1 nitrogen and oxygen atoms in total. The maximum Gasteiger partial charge on any atom is 1.00 e. The van der Waals surface area contributed by atoms with Crippen LogP contribution >= 0.6 is 0 Å². The second kappa shape index (κ2) is 6.27. The molecule has 0 saturated carbocycles. The van der Waals surface area contributed by atoms with Crippen LogP contribution < -0.4 is 4.90 Å². The van der Waals surface area contributed by atoms with Gasteiger partial charge in [-0.25, -0.2) is 0 Å². The van der Waals surface area contributed by atoms with E-state index in [9.17, 15) is 16.9 Å². The molecule has 0 N–H and O–H groups in total. The third-order valence-electron chi connectivity index (χ3n) is 3.49. The molecule has 0 aliphatic carbocycles. The Morgan fingerprint density at radius 2 is 1.40 bits per heavy atom. The molecule has 8 heteroatoms. The van der Waals surface area contributed by atoms with Crippen molar-refractivity contribution in [3.8, 4) is 0 Å². The molecule has 1 unspecified atom stereocenters. The second-order valence-electron chi connectivity index (χ2n) is 5.73. The van der Waals surface area contributed by atoms with Gasteiger partial charge >= 0.3 is 37.8 Å². The first-order valence-electron chi connectivity index (χ1n) is 7.44. The number of para-hydroxylation sites is 1. The van der Waals surface area contributed by atoms with Crippen LogP contribution in [0.4, 0.5) is 22.6 Å². The van der Waals surface area contributed by atoms with E-state index in [1.165, 1.54) is 16.8 Å². The molecule has 2 aromatic rings. The van der Waals surface area contributed by atoms with Crippen molar-refractivity contribution in [2.24, 2.45) is 0 Å². The van der Waals surface area contributed by atoms with Crippen LogP contribution in [0.15, 0.2) is 60.7 Å². The zero-order valence-corrected chi connectivity index (χ0v) is 15.9. The number of hydrogen-bond acceptors (Lipinski definition) is 1. The summed E-state index contributed by atoms with van der Waals surface area (Å²) in [6, 6.07) is 19.7. The Kier molecular flexibility index (Phi) is 4.94. The van der Waals surface area contributed by atoms with Crippen LogP contribution in [0.2, 0.25) is 0 Å². The van der Waals surface area contributed by atoms with Gasteiger partial charge in [-0.2, -0.15) is 0 Å². The molecular formula is C17H18F6NSb. The molecular weight excluding hydrogens is 454 g/mol. The largest absolute Gasteiger partial charge is 1.00 e. The van der Waals surface area contributed by atoms with Gasteiger partial charge < -0.3 is 4.90 Å². The zero-order chi connectivity index (χ0) is 18.8. The molecule has 0 amide bonds. The van der Waals surface area contributed by atoms with Crippen molar-refractivity contribution in [3.05, 3.63) is 71.8 Å². The predicted octanol–water partition coefficient (Wildman–Crippen LogP) is 6.36. The Bertz CT molecular complexity index is 750. The van der Waals surface area contributed by atoms with Gasteiger partial charge in [0.25, 0.3) is 0 Å². The molecule has 0 fully saturated rings. The number of nitrogens with zero attached hydrogens (tertiary/aromatic N) is 1. The fourth-order valence-corrected chi connectivity index (χ4v) is 2.47. The van der Waals surface area contributed by atoms with E-state index in [1.54, 1.807) is 0 Å². The quantitative estimate of drug-likeness (QED) is 0.363. The molecule has 0 aromatic heterocycles. The second-order valence-corrected chi connectivity index (χ2v) is 11.2. The van der Waals surface area contributed by atoms with Crippen LogP contribution in [0.5, 0.6) is 0 Å². The third kappa shape index (κ3) is 7.86. The molecule has 138 valence electrons. The molecule has 1 aliphatic heterocycles. The van der Waals surface area contributed by atoms with E-state index in [1.807, 2.05) is 0 Å². The summed E-state index contributed by atoms with van der Waals surface area (Å²) in [7, 11) is 0. The number of benzene rings is 2. The fraction of sp³-hybridized carbons (Fsp3) is 0.176. The number of hydrogen-bond donors (Lipinski definition) is 0. The van der Waals surface area contributed by atoms with E-state index >= 15 is 0 Å². The van der Waals surface area contributed by atoms with Gasteiger partial charge in [0.2, 0.25) is 0 Å². The van der Waals surface area contributed by atoms with E-state index in [2.05, 4.69) is 78.6 Å². The van der Waals surface area contributed by atoms with Crippen molar-refractivity contribution in [2.75, 3.05) is 4.90 Å². The summed E-state index contributed by atoms with van der Waals surface area (Å²) >= 11 is -11.2. The number of halogens is 6. The zero-order valence-electron chi connectivity index (χ0n) is 14.3. The van der Waals surface area contributed by atoms with E-state index < -0.39 is 19.5 Å². The summed E-state index contributed by atoms with van der Waals surface area (Å²) in [6.45, 7) is 3.21. The summed E-state index contributed by atoms with van der Waals surface area (Å²) in [5, 5.41) is 0. The third-order valence-corrected chi connectivity index (χ3v) is 3.49. The van der Waals surface area contributed by atoms with Crippen molar-refractivity contribution < 1.29 is 18.3 Å². The Morgan fingerprint density at radius 1 is 0.880 bits per heavy atom. The molecule has 25 heavy (non-hydrogen) atoms. The van der Waals surface area contributed by atoms with Crippen LogP contribution in [0.25, 0.3) is 6.08 Å². The summed E-state index contributed by atoms with van der Waals surface area (Å²) in [5.41, 5.74) is 4.00. The molecule has 1 atom stereocenters. The molecule has 2 aromatic carbocycles. The van der Waals surface area contributed by atoms with Gasteiger partial charge in [-0.15, -0.1) is 0 Å². The average molecular weight is 472 g/mol. The van der Waals surface area contributed by atoms with Crippen LogP contribution in [-0.4, -0.2) is 25.5 Å². The van der Waals surface area contributed by atoms with E-state index in [4.69, 9.17) is 0 Å². The average Bonchev–Trinajstić information content (AvgIpc) is 2.48. The number of anilines is 1. The predicted molar refractivity (Wildman–Crippen MR) is 91.1 cm³/mol. The topological polar surface area (TPSA) is 3.24 Å². The van der Waals surface area contributed by atoms with Crippen molar-refractivity contribution in [1.29, 1.82) is 0 Å². The van der Waals surface area contributed by atoms with E-state index in [0.717, 1.165) is 6.54 Å². The first-order chi connectivity index (χ1) is 11.3. The molecule has 3 rings (SSSR count). The number of rotatable bonds is 2. The van der Waals surface area contributed by atoms with Crippen LogP contribution in [0.3, 0.4) is 0 Å². The SMILES string of the molecule is CC1C=Cc2ccccc2N1Cc1ccccc1.[F][Sb-]([F])([F])([F])([F])[F].[H+]. The van der Waals surface area contributed by atoms with Crippen LogP contribution in [0.1, 0.15) is 19.5 Å². The minimum Gasteiger partial charge on any atom is 1.00 e. The standard InChI is InChI=1S/C17H17N.6FH.Sb/c1-14-11-12-16-9-5-6-10-17(16)18(14)13-15-7-3-2-4-8-15;;;;;;;/h2-12,14H,13H2,1H3;6*1H;/q;;;;;;;+5/p-5. The van der Waals surface area contributed by atoms with Crippen molar-refractivity contribution in [3.63, 3.8) is 0 Å². The van der Waals surface area contributed by atoms with Gasteiger partial charge in [0.15, 0.2) is 0 Å². The smallest absolute Gasteiger partial charge is 1.00 e. The maximum atomic E-state index is 9.93. The Hall–Kier alpha value is -1.62. The van der Waals surface area contributed by atoms with E-state index in [0.29, 0.717) is 6.04 Å². The molecule has 1 aliphatic rings. The molecule has 0 bridgehead atoms. The van der Waals surface area contributed by atoms with Gasteiger partial charge in [-0.05, 0) is 24.1 Å². The summed E-state index contributed by atoms with van der Waals surface area (Å²) < 4.78 is 59.6. The van der Waals surface area contributed by atoms with Gasteiger partial charge in [0.05, 0.1) is 0 Å². The van der Waals surface area contributed by atoms with Crippen molar-refractivity contribution >= 4 is 31.2 Å². The first-order valence-corrected chi connectivity index (χ1v) is 13.2. The Labute approximate surface area is 146 Å². The summed E-state index contributed by atoms with van der Waals surface area (Å²) in [6.07, 6.45) is 4.49. The molecule has 0 saturated heterocycles. The summed E-state index contributed by atoms with van der Waals surface area (Å²) in [4.78, 5) is 2.45. The Morgan fingerprint density at radius 3 is 2.00 bits per heavy atom. The van der Waals surface area contributed by atoms with Gasteiger partial charge in [0.1, 0.15) is 0 Å². The van der Waals surface area contributed by atoms with Crippen molar-refractivity contribution in [2.45, 2.75) is 19.5 Å². The fourth-order valence-electron chi connectivity index (χ4n) is 2.47. The monoisotopic (exact) mass is 471 g/mol. The normalized spacial score (nSPS) is 19.2. The van der Waals surface area contributed by atoms with Gasteiger partial charge in [-0.1, -0.05) is 60.7 Å².